The SMILES string of the molecule is CC(C)(C)NC(=O)NS(=O)(=O)c1ccc(Br)cc1N. The fourth-order valence-electron chi connectivity index (χ4n) is 1.31. The molecule has 0 aliphatic rings. The number of hydrogen-bond donors (Lipinski definition) is 3. The number of nitrogens with two attached hydrogens (primary N) is 1. The average molecular weight is 350 g/mol. The molecule has 0 aliphatic heterocycles. The van der Waals surface area contributed by atoms with Gasteiger partial charge in [-0.1, -0.05) is 15.9 Å². The summed E-state index contributed by atoms with van der Waals surface area (Å²) in [4.78, 5) is 11.4. The topological polar surface area (TPSA) is 101 Å². The van der Waals surface area contributed by atoms with Crippen LogP contribution < -0.4 is 15.8 Å². The van der Waals surface area contributed by atoms with Crippen molar-refractivity contribution in [1.82, 2.24) is 10.0 Å². The van der Waals surface area contributed by atoms with Gasteiger partial charge in [0.15, 0.2) is 0 Å². The number of benzene rings is 1. The second-order valence-corrected chi connectivity index (χ2v) is 7.56. The van der Waals surface area contributed by atoms with E-state index >= 15 is 0 Å². The van der Waals surface area contributed by atoms with E-state index in [1.165, 1.54) is 18.2 Å². The predicted molar refractivity (Wildman–Crippen MR) is 77.2 cm³/mol. The predicted octanol–water partition coefficient (Wildman–Crippen LogP) is 1.82. The van der Waals surface area contributed by atoms with Gasteiger partial charge in [-0.15, -0.1) is 0 Å². The summed E-state index contributed by atoms with van der Waals surface area (Å²) in [6, 6.07) is 3.52. The first-order valence-corrected chi connectivity index (χ1v) is 7.69. The Bertz CT molecular complexity index is 594. The Hall–Kier alpha value is -1.28. The number of sulfonamides is 1. The van der Waals surface area contributed by atoms with Crippen LogP contribution in [0, 0.1) is 0 Å². The molecule has 106 valence electrons. The van der Waals surface area contributed by atoms with E-state index in [0.29, 0.717) is 4.47 Å². The zero-order chi connectivity index (χ0) is 14.8. The Balaban J connectivity index is 2.96. The van der Waals surface area contributed by atoms with Crippen LogP contribution >= 0.6 is 15.9 Å². The summed E-state index contributed by atoms with van der Waals surface area (Å²) in [6.07, 6.45) is 0. The second-order valence-electron chi connectivity index (χ2n) is 4.99. The molecule has 1 aromatic rings. The van der Waals surface area contributed by atoms with E-state index in [1.807, 2.05) is 4.72 Å². The Morgan fingerprint density at radius 1 is 1.32 bits per heavy atom. The highest BCUT2D eigenvalue weighted by Gasteiger charge is 2.22. The number of urea groups is 1. The molecule has 19 heavy (non-hydrogen) atoms. The van der Waals surface area contributed by atoms with E-state index in [9.17, 15) is 13.2 Å². The summed E-state index contributed by atoms with van der Waals surface area (Å²) < 4.78 is 26.6. The van der Waals surface area contributed by atoms with Gasteiger partial charge < -0.3 is 11.1 Å². The summed E-state index contributed by atoms with van der Waals surface area (Å²) in [5.41, 5.74) is 5.15. The Morgan fingerprint density at radius 3 is 2.37 bits per heavy atom. The highest BCUT2D eigenvalue weighted by molar-refractivity contribution is 9.10. The van der Waals surface area contributed by atoms with Crippen molar-refractivity contribution in [2.45, 2.75) is 31.2 Å². The monoisotopic (exact) mass is 349 g/mol. The molecule has 4 N–H and O–H groups in total. The van der Waals surface area contributed by atoms with Crippen molar-refractivity contribution in [2.75, 3.05) is 5.73 Å². The minimum Gasteiger partial charge on any atom is -0.398 e. The van der Waals surface area contributed by atoms with Crippen LogP contribution in [0.3, 0.4) is 0 Å². The number of halogens is 1. The summed E-state index contributed by atoms with van der Waals surface area (Å²) in [6.45, 7) is 5.23. The van der Waals surface area contributed by atoms with Gasteiger partial charge in [0.25, 0.3) is 10.0 Å². The third-order valence-electron chi connectivity index (χ3n) is 1.98. The maximum Gasteiger partial charge on any atom is 0.329 e. The van der Waals surface area contributed by atoms with Crippen molar-refractivity contribution < 1.29 is 13.2 Å². The van der Waals surface area contributed by atoms with E-state index in [0.717, 1.165) is 0 Å². The average Bonchev–Trinajstić information content (AvgIpc) is 2.11. The molecular formula is C11H16BrN3O3S. The van der Waals surface area contributed by atoms with Gasteiger partial charge in [-0.05, 0) is 39.0 Å². The van der Waals surface area contributed by atoms with E-state index in [2.05, 4.69) is 21.2 Å². The highest BCUT2D eigenvalue weighted by atomic mass is 79.9. The van der Waals surface area contributed by atoms with Gasteiger partial charge in [-0.3, -0.25) is 0 Å². The lowest BCUT2D eigenvalue weighted by Crippen LogP contribution is -2.48. The Morgan fingerprint density at radius 2 is 1.89 bits per heavy atom. The van der Waals surface area contributed by atoms with Crippen molar-refractivity contribution in [1.29, 1.82) is 0 Å². The number of carbonyl (C=O) groups is 1. The smallest absolute Gasteiger partial charge is 0.329 e. The molecule has 0 bridgehead atoms. The standard InChI is InChI=1S/C11H16BrN3O3S/c1-11(2,3)14-10(16)15-19(17,18)9-5-4-7(12)6-8(9)13/h4-6H,13H2,1-3H3,(H2,14,15,16). The minimum atomic E-state index is -3.99. The fourth-order valence-corrected chi connectivity index (χ4v) is 2.71. The van der Waals surface area contributed by atoms with Crippen LogP contribution in [-0.4, -0.2) is 20.0 Å². The van der Waals surface area contributed by atoms with Crippen LogP contribution in [0.1, 0.15) is 20.8 Å². The number of rotatable bonds is 2. The minimum absolute atomic E-state index is 0.0606. The second kappa shape index (κ2) is 5.38. The third-order valence-corrected chi connectivity index (χ3v) is 3.88. The molecule has 0 spiro atoms. The fraction of sp³-hybridized carbons (Fsp3) is 0.364. The lowest BCUT2D eigenvalue weighted by Gasteiger charge is -2.20. The van der Waals surface area contributed by atoms with Gasteiger partial charge in [0.1, 0.15) is 4.90 Å². The van der Waals surface area contributed by atoms with E-state index in [4.69, 9.17) is 5.73 Å². The number of amides is 2. The van der Waals surface area contributed by atoms with Crippen molar-refractivity contribution in [2.24, 2.45) is 0 Å². The maximum atomic E-state index is 12.0. The molecule has 8 heteroatoms. The normalized spacial score (nSPS) is 12.0. The molecule has 0 saturated heterocycles. The summed E-state index contributed by atoms with van der Waals surface area (Å²) in [5, 5.41) is 2.50. The van der Waals surface area contributed by atoms with Gasteiger partial charge in [0.2, 0.25) is 0 Å². The number of nitrogens with one attached hydrogen (secondary N) is 2. The zero-order valence-corrected chi connectivity index (χ0v) is 13.2. The Kier molecular flexibility index (Phi) is 4.46. The van der Waals surface area contributed by atoms with Gasteiger partial charge in [0, 0.05) is 10.0 Å². The summed E-state index contributed by atoms with van der Waals surface area (Å²) >= 11 is 3.18. The highest BCUT2D eigenvalue weighted by Crippen LogP contribution is 2.22. The molecule has 0 aromatic heterocycles. The number of anilines is 1. The first-order chi connectivity index (χ1) is 8.51. The third kappa shape index (κ3) is 4.71. The first kappa shape index (κ1) is 15.8. The van der Waals surface area contributed by atoms with Crippen LogP contribution in [0.25, 0.3) is 0 Å². The van der Waals surface area contributed by atoms with E-state index < -0.39 is 21.6 Å². The lowest BCUT2D eigenvalue weighted by molar-refractivity contribution is 0.237. The molecular weight excluding hydrogens is 334 g/mol. The molecule has 0 aliphatic carbocycles. The van der Waals surface area contributed by atoms with Crippen molar-refractivity contribution in [3.05, 3.63) is 22.7 Å². The van der Waals surface area contributed by atoms with Crippen LogP contribution in [0.2, 0.25) is 0 Å². The van der Waals surface area contributed by atoms with E-state index in [-0.39, 0.29) is 10.6 Å². The van der Waals surface area contributed by atoms with Gasteiger partial charge in [0.05, 0.1) is 5.69 Å². The largest absolute Gasteiger partial charge is 0.398 e. The van der Waals surface area contributed by atoms with Crippen LogP contribution in [0.15, 0.2) is 27.6 Å². The maximum absolute atomic E-state index is 12.0. The summed E-state index contributed by atoms with van der Waals surface area (Å²) in [5.74, 6) is 0. The van der Waals surface area contributed by atoms with Crippen LogP contribution in [0.5, 0.6) is 0 Å². The molecule has 0 heterocycles. The molecule has 0 atom stereocenters. The summed E-state index contributed by atoms with van der Waals surface area (Å²) in [7, 11) is -3.99. The van der Waals surface area contributed by atoms with Crippen LogP contribution in [0.4, 0.5) is 10.5 Å². The van der Waals surface area contributed by atoms with Crippen molar-refractivity contribution in [3.8, 4) is 0 Å². The molecule has 0 radical (unpaired) electrons. The quantitative estimate of drug-likeness (QED) is 0.708. The number of hydrogen-bond acceptors (Lipinski definition) is 4. The molecule has 6 nitrogen and oxygen atoms in total. The van der Waals surface area contributed by atoms with Gasteiger partial charge >= 0.3 is 6.03 Å². The van der Waals surface area contributed by atoms with Gasteiger partial charge in [-0.2, -0.15) is 0 Å². The van der Waals surface area contributed by atoms with Gasteiger partial charge in [-0.25, -0.2) is 17.9 Å². The van der Waals surface area contributed by atoms with E-state index in [1.54, 1.807) is 20.8 Å². The Labute approximate surface area is 120 Å². The first-order valence-electron chi connectivity index (χ1n) is 5.41. The molecule has 0 unspecified atom stereocenters. The zero-order valence-electron chi connectivity index (χ0n) is 10.8. The molecule has 2 amide bonds. The number of carbonyl (C=O) groups excluding carboxylic acids is 1. The molecule has 0 fully saturated rings. The molecule has 0 saturated carbocycles. The lowest BCUT2D eigenvalue weighted by atomic mass is 10.1. The molecule has 1 rings (SSSR count). The van der Waals surface area contributed by atoms with Crippen molar-refractivity contribution in [3.63, 3.8) is 0 Å². The molecule has 1 aromatic carbocycles. The number of nitrogen functional groups attached to an aromatic ring is 1. The van der Waals surface area contributed by atoms with Crippen LogP contribution in [-0.2, 0) is 10.0 Å². The van der Waals surface area contributed by atoms with Crippen molar-refractivity contribution >= 4 is 37.7 Å².